The Bertz CT molecular complexity index is 333. The molecule has 1 aromatic heterocycles. The molecule has 0 radical (unpaired) electrons. The zero-order valence-electron chi connectivity index (χ0n) is 9.69. The van der Waals surface area contributed by atoms with Gasteiger partial charge in [0.25, 0.3) is 0 Å². The van der Waals surface area contributed by atoms with Crippen LogP contribution in [0.3, 0.4) is 0 Å². The summed E-state index contributed by atoms with van der Waals surface area (Å²) in [7, 11) is 0. The zero-order chi connectivity index (χ0) is 12.0. The second-order valence-corrected chi connectivity index (χ2v) is 3.66. The first-order chi connectivity index (χ1) is 7.65. The molecule has 0 aliphatic rings. The Morgan fingerprint density at radius 2 is 2.38 bits per heavy atom. The van der Waals surface area contributed by atoms with Crippen molar-refractivity contribution in [3.63, 3.8) is 0 Å². The molecule has 0 spiro atoms. The Balaban J connectivity index is 2.41. The summed E-state index contributed by atoms with van der Waals surface area (Å²) in [5.74, 6) is 0.779. The normalized spacial score (nSPS) is 14.1. The van der Waals surface area contributed by atoms with E-state index in [9.17, 15) is 4.79 Å². The van der Waals surface area contributed by atoms with Crippen molar-refractivity contribution < 1.29 is 9.21 Å². The van der Waals surface area contributed by atoms with Gasteiger partial charge >= 0.3 is 0 Å². The van der Waals surface area contributed by atoms with E-state index in [2.05, 4.69) is 17.2 Å². The maximum absolute atomic E-state index is 11.6. The van der Waals surface area contributed by atoms with Crippen molar-refractivity contribution in [2.45, 2.75) is 25.9 Å². The summed E-state index contributed by atoms with van der Waals surface area (Å²) in [6.07, 6.45) is 3.27. The summed E-state index contributed by atoms with van der Waals surface area (Å²) in [4.78, 5) is 11.6. The summed E-state index contributed by atoms with van der Waals surface area (Å²) in [5, 5.41) is 5.88. The van der Waals surface area contributed by atoms with Gasteiger partial charge in [-0.1, -0.05) is 6.08 Å². The average molecular weight is 222 g/mol. The van der Waals surface area contributed by atoms with Gasteiger partial charge in [0.1, 0.15) is 5.76 Å². The van der Waals surface area contributed by atoms with E-state index in [1.54, 1.807) is 12.3 Å². The molecule has 4 heteroatoms. The molecule has 1 heterocycles. The maximum atomic E-state index is 11.6. The van der Waals surface area contributed by atoms with Crippen LogP contribution in [0.4, 0.5) is 0 Å². The summed E-state index contributed by atoms with van der Waals surface area (Å²) in [5.41, 5.74) is 0. The van der Waals surface area contributed by atoms with Crippen molar-refractivity contribution in [3.8, 4) is 0 Å². The van der Waals surface area contributed by atoms with E-state index in [1.165, 1.54) is 0 Å². The summed E-state index contributed by atoms with van der Waals surface area (Å²) >= 11 is 0. The number of hydrogen-bond acceptors (Lipinski definition) is 3. The summed E-state index contributed by atoms with van der Waals surface area (Å²) in [6.45, 7) is 7.80. The Labute approximate surface area is 95.7 Å². The Kier molecular flexibility index (Phi) is 4.79. The van der Waals surface area contributed by atoms with Crippen molar-refractivity contribution in [2.75, 3.05) is 6.54 Å². The third-order valence-electron chi connectivity index (χ3n) is 2.28. The van der Waals surface area contributed by atoms with Gasteiger partial charge in [-0.05, 0) is 26.0 Å². The Morgan fingerprint density at radius 3 is 2.94 bits per heavy atom. The van der Waals surface area contributed by atoms with E-state index in [0.29, 0.717) is 6.54 Å². The number of nitrogens with one attached hydrogen (secondary N) is 2. The predicted octanol–water partition coefficient (Wildman–Crippen LogP) is 1.62. The molecule has 2 atom stereocenters. The minimum Gasteiger partial charge on any atom is -0.468 e. The van der Waals surface area contributed by atoms with E-state index in [4.69, 9.17) is 4.42 Å². The van der Waals surface area contributed by atoms with E-state index in [0.717, 1.165) is 5.76 Å². The van der Waals surface area contributed by atoms with Crippen LogP contribution in [0.5, 0.6) is 0 Å². The molecule has 0 aromatic carbocycles. The maximum Gasteiger partial charge on any atom is 0.237 e. The van der Waals surface area contributed by atoms with E-state index >= 15 is 0 Å². The van der Waals surface area contributed by atoms with Crippen LogP contribution < -0.4 is 10.6 Å². The molecule has 0 fully saturated rings. The van der Waals surface area contributed by atoms with Gasteiger partial charge < -0.3 is 9.73 Å². The number of hydrogen-bond donors (Lipinski definition) is 2. The lowest BCUT2D eigenvalue weighted by atomic mass is 10.2. The van der Waals surface area contributed by atoms with Crippen LogP contribution in [-0.2, 0) is 4.79 Å². The quantitative estimate of drug-likeness (QED) is 0.719. The highest BCUT2D eigenvalue weighted by Crippen LogP contribution is 2.12. The second kappa shape index (κ2) is 6.12. The van der Waals surface area contributed by atoms with Gasteiger partial charge in [0.2, 0.25) is 5.91 Å². The number of amides is 1. The highest BCUT2D eigenvalue weighted by molar-refractivity contribution is 5.81. The van der Waals surface area contributed by atoms with Gasteiger partial charge in [-0.25, -0.2) is 0 Å². The van der Waals surface area contributed by atoms with Gasteiger partial charge in [-0.3, -0.25) is 10.1 Å². The lowest BCUT2D eigenvalue weighted by molar-refractivity contribution is -0.122. The Morgan fingerprint density at radius 1 is 1.62 bits per heavy atom. The van der Waals surface area contributed by atoms with E-state index in [-0.39, 0.29) is 18.0 Å². The van der Waals surface area contributed by atoms with E-state index in [1.807, 2.05) is 26.0 Å². The van der Waals surface area contributed by atoms with Crippen LogP contribution in [0.15, 0.2) is 35.5 Å². The van der Waals surface area contributed by atoms with Crippen LogP contribution in [0, 0.1) is 0 Å². The molecule has 1 rings (SSSR count). The highest BCUT2D eigenvalue weighted by Gasteiger charge is 2.16. The number of carbonyl (C=O) groups excluding carboxylic acids is 1. The molecular weight excluding hydrogens is 204 g/mol. The van der Waals surface area contributed by atoms with E-state index < -0.39 is 0 Å². The lowest BCUT2D eigenvalue weighted by Crippen LogP contribution is -2.43. The molecule has 0 saturated carbocycles. The number of carbonyl (C=O) groups is 1. The van der Waals surface area contributed by atoms with Gasteiger partial charge in [-0.15, -0.1) is 6.58 Å². The molecular formula is C12H18N2O2. The van der Waals surface area contributed by atoms with Gasteiger partial charge in [0, 0.05) is 6.54 Å². The predicted molar refractivity (Wildman–Crippen MR) is 62.9 cm³/mol. The first-order valence-electron chi connectivity index (χ1n) is 5.33. The SMILES string of the molecule is C=CCNC(=O)C(C)N[C@@H](C)c1ccco1. The molecule has 0 aliphatic carbocycles. The van der Waals surface area contributed by atoms with Crippen LogP contribution in [0.2, 0.25) is 0 Å². The third-order valence-corrected chi connectivity index (χ3v) is 2.28. The molecule has 1 amide bonds. The van der Waals surface area contributed by atoms with Crippen molar-refractivity contribution in [1.82, 2.24) is 10.6 Å². The molecule has 0 saturated heterocycles. The molecule has 88 valence electrons. The number of furan rings is 1. The first kappa shape index (κ1) is 12.5. The fourth-order valence-corrected chi connectivity index (χ4v) is 1.40. The molecule has 1 unspecified atom stereocenters. The third kappa shape index (κ3) is 3.55. The topological polar surface area (TPSA) is 54.3 Å². The standard InChI is InChI=1S/C12H18N2O2/c1-4-7-13-12(15)10(3)14-9(2)11-6-5-8-16-11/h4-6,8-10,14H,1,7H2,2-3H3,(H,13,15)/t9-,10?/m0/s1. The zero-order valence-corrected chi connectivity index (χ0v) is 9.69. The number of rotatable bonds is 6. The highest BCUT2D eigenvalue weighted by atomic mass is 16.3. The summed E-state index contributed by atoms with van der Waals surface area (Å²) < 4.78 is 5.25. The fourth-order valence-electron chi connectivity index (χ4n) is 1.40. The van der Waals surface area contributed by atoms with Crippen LogP contribution >= 0.6 is 0 Å². The Hall–Kier alpha value is -1.55. The largest absolute Gasteiger partial charge is 0.468 e. The van der Waals surface area contributed by atoms with Gasteiger partial charge in [0.15, 0.2) is 0 Å². The molecule has 1 aromatic rings. The minimum absolute atomic E-state index is 0.0134. The van der Waals surface area contributed by atoms with Crippen molar-refractivity contribution in [1.29, 1.82) is 0 Å². The van der Waals surface area contributed by atoms with Gasteiger partial charge in [0.05, 0.1) is 18.3 Å². The smallest absolute Gasteiger partial charge is 0.237 e. The van der Waals surface area contributed by atoms with Gasteiger partial charge in [-0.2, -0.15) is 0 Å². The molecule has 4 nitrogen and oxygen atoms in total. The van der Waals surface area contributed by atoms with Crippen molar-refractivity contribution in [2.24, 2.45) is 0 Å². The van der Waals surface area contributed by atoms with Crippen LogP contribution in [0.25, 0.3) is 0 Å². The lowest BCUT2D eigenvalue weighted by Gasteiger charge is -2.17. The fraction of sp³-hybridized carbons (Fsp3) is 0.417. The van der Waals surface area contributed by atoms with Crippen LogP contribution in [0.1, 0.15) is 25.6 Å². The van der Waals surface area contributed by atoms with Crippen molar-refractivity contribution in [3.05, 3.63) is 36.8 Å². The molecule has 0 aliphatic heterocycles. The molecule has 0 bridgehead atoms. The molecule has 2 N–H and O–H groups in total. The molecule has 16 heavy (non-hydrogen) atoms. The average Bonchev–Trinajstić information content (AvgIpc) is 2.79. The first-order valence-corrected chi connectivity index (χ1v) is 5.33. The minimum atomic E-state index is -0.264. The second-order valence-electron chi connectivity index (χ2n) is 3.66. The van der Waals surface area contributed by atoms with Crippen molar-refractivity contribution >= 4 is 5.91 Å². The monoisotopic (exact) mass is 222 g/mol. The van der Waals surface area contributed by atoms with Crippen LogP contribution in [-0.4, -0.2) is 18.5 Å². The summed E-state index contributed by atoms with van der Waals surface area (Å²) in [6, 6.07) is 3.46.